The molecule has 2 aromatic rings. The number of benzene rings is 1. The van der Waals surface area contributed by atoms with E-state index in [1.807, 2.05) is 26.0 Å². The van der Waals surface area contributed by atoms with Crippen molar-refractivity contribution in [1.82, 2.24) is 9.97 Å². The Hall–Kier alpha value is -1.69. The molecule has 0 atom stereocenters. The van der Waals surface area contributed by atoms with E-state index in [-0.39, 0.29) is 5.88 Å². The van der Waals surface area contributed by atoms with E-state index in [2.05, 4.69) is 31.2 Å². The summed E-state index contributed by atoms with van der Waals surface area (Å²) in [7, 11) is 0. The van der Waals surface area contributed by atoms with Crippen LogP contribution in [0.5, 0.6) is 11.6 Å². The van der Waals surface area contributed by atoms with Crippen LogP contribution in [0.1, 0.15) is 12.5 Å². The molecule has 1 N–H and O–H groups in total. The normalized spacial score (nSPS) is 10.3. The van der Waals surface area contributed by atoms with Crippen LogP contribution >= 0.6 is 15.9 Å². The van der Waals surface area contributed by atoms with E-state index < -0.39 is 5.82 Å². The maximum Gasteiger partial charge on any atom is 0.260 e. The molecule has 0 fully saturated rings. The van der Waals surface area contributed by atoms with E-state index in [0.29, 0.717) is 18.2 Å². The van der Waals surface area contributed by atoms with Crippen molar-refractivity contribution < 1.29 is 9.13 Å². The Labute approximate surface area is 119 Å². The van der Waals surface area contributed by atoms with Gasteiger partial charge in [-0.05, 0) is 37.6 Å². The van der Waals surface area contributed by atoms with Crippen molar-refractivity contribution in [1.29, 1.82) is 0 Å². The molecule has 100 valence electrons. The highest BCUT2D eigenvalue weighted by Crippen LogP contribution is 2.28. The number of hydrogen-bond donors (Lipinski definition) is 1. The van der Waals surface area contributed by atoms with Crippen molar-refractivity contribution in [3.05, 3.63) is 40.2 Å². The van der Waals surface area contributed by atoms with Crippen molar-refractivity contribution in [3.63, 3.8) is 0 Å². The molecule has 0 bridgehead atoms. The summed E-state index contributed by atoms with van der Waals surface area (Å²) in [6.45, 7) is 4.44. The zero-order valence-electron chi connectivity index (χ0n) is 10.6. The topological polar surface area (TPSA) is 47.0 Å². The minimum atomic E-state index is -0.594. The zero-order valence-corrected chi connectivity index (χ0v) is 12.2. The summed E-state index contributed by atoms with van der Waals surface area (Å²) in [5.41, 5.74) is 0.886. The Morgan fingerprint density at radius 1 is 1.42 bits per heavy atom. The molecular weight excluding hydrogens is 313 g/mol. The maximum atomic E-state index is 13.6. The molecule has 6 heteroatoms. The zero-order chi connectivity index (χ0) is 13.8. The summed E-state index contributed by atoms with van der Waals surface area (Å²) in [4.78, 5) is 7.81. The molecule has 1 aromatic carbocycles. The fraction of sp³-hybridized carbons (Fsp3) is 0.231. The Balaban J connectivity index is 2.29. The predicted molar refractivity (Wildman–Crippen MR) is 75.1 cm³/mol. The lowest BCUT2D eigenvalue weighted by atomic mass is 10.2. The van der Waals surface area contributed by atoms with Crippen molar-refractivity contribution >= 4 is 21.9 Å². The van der Waals surface area contributed by atoms with Crippen molar-refractivity contribution in [2.75, 3.05) is 11.9 Å². The average Bonchev–Trinajstić information content (AvgIpc) is 2.37. The number of rotatable bonds is 4. The SMILES string of the molecule is CCNc1ncc(F)c(Oc2ccc(Br)cc2C)n1. The van der Waals surface area contributed by atoms with E-state index in [1.54, 1.807) is 6.07 Å². The summed E-state index contributed by atoms with van der Waals surface area (Å²) < 4.78 is 20.1. The fourth-order valence-corrected chi connectivity index (χ4v) is 1.97. The van der Waals surface area contributed by atoms with Gasteiger partial charge < -0.3 is 10.1 Å². The molecule has 2 rings (SSSR count). The number of halogens is 2. The minimum Gasteiger partial charge on any atom is -0.436 e. The second kappa shape index (κ2) is 5.97. The lowest BCUT2D eigenvalue weighted by molar-refractivity contribution is 0.418. The molecule has 0 amide bonds. The van der Waals surface area contributed by atoms with Gasteiger partial charge in [-0.25, -0.2) is 4.98 Å². The van der Waals surface area contributed by atoms with Gasteiger partial charge in [-0.3, -0.25) is 0 Å². The van der Waals surface area contributed by atoms with Crippen LogP contribution in [0.4, 0.5) is 10.3 Å². The third-order valence-corrected chi connectivity index (χ3v) is 2.88. The number of aryl methyl sites for hydroxylation is 1. The highest BCUT2D eigenvalue weighted by atomic mass is 79.9. The highest BCUT2D eigenvalue weighted by Gasteiger charge is 2.10. The van der Waals surface area contributed by atoms with Crippen LogP contribution in [0.3, 0.4) is 0 Å². The van der Waals surface area contributed by atoms with Gasteiger partial charge in [-0.15, -0.1) is 0 Å². The molecule has 0 unspecified atom stereocenters. The van der Waals surface area contributed by atoms with Gasteiger partial charge in [0, 0.05) is 11.0 Å². The van der Waals surface area contributed by atoms with Crippen molar-refractivity contribution in [3.8, 4) is 11.6 Å². The Kier molecular flexibility index (Phi) is 4.31. The second-order valence-electron chi connectivity index (χ2n) is 3.89. The van der Waals surface area contributed by atoms with Crippen molar-refractivity contribution in [2.45, 2.75) is 13.8 Å². The number of nitrogens with zero attached hydrogens (tertiary/aromatic N) is 2. The van der Waals surface area contributed by atoms with Gasteiger partial charge in [0.1, 0.15) is 5.75 Å². The largest absolute Gasteiger partial charge is 0.436 e. The van der Waals surface area contributed by atoms with Crippen LogP contribution in [0.2, 0.25) is 0 Å². The van der Waals surface area contributed by atoms with E-state index in [4.69, 9.17) is 4.74 Å². The standard InChI is InChI=1S/C13H13BrFN3O/c1-3-16-13-17-7-10(15)12(18-13)19-11-5-4-9(14)6-8(11)2/h4-7H,3H2,1-2H3,(H,16,17,18). The lowest BCUT2D eigenvalue weighted by Crippen LogP contribution is -2.04. The van der Waals surface area contributed by atoms with Crippen LogP contribution in [0.15, 0.2) is 28.9 Å². The van der Waals surface area contributed by atoms with Crippen molar-refractivity contribution in [2.24, 2.45) is 0 Å². The fourth-order valence-electron chi connectivity index (χ4n) is 1.50. The number of aromatic nitrogens is 2. The van der Waals surface area contributed by atoms with E-state index in [1.165, 1.54) is 0 Å². The molecule has 0 aliphatic carbocycles. The van der Waals surface area contributed by atoms with E-state index in [0.717, 1.165) is 16.2 Å². The van der Waals surface area contributed by atoms with Crippen LogP contribution in [-0.2, 0) is 0 Å². The van der Waals surface area contributed by atoms with Crippen LogP contribution in [-0.4, -0.2) is 16.5 Å². The number of anilines is 1. The monoisotopic (exact) mass is 325 g/mol. The number of hydrogen-bond acceptors (Lipinski definition) is 4. The molecule has 0 aliphatic rings. The molecule has 4 nitrogen and oxygen atoms in total. The highest BCUT2D eigenvalue weighted by molar-refractivity contribution is 9.10. The minimum absolute atomic E-state index is 0.0867. The molecule has 0 saturated carbocycles. The smallest absolute Gasteiger partial charge is 0.260 e. The Morgan fingerprint density at radius 2 is 2.21 bits per heavy atom. The molecular formula is C13H13BrFN3O. The van der Waals surface area contributed by atoms with Gasteiger partial charge in [0.2, 0.25) is 11.8 Å². The van der Waals surface area contributed by atoms with Crippen LogP contribution < -0.4 is 10.1 Å². The third kappa shape index (κ3) is 3.41. The quantitative estimate of drug-likeness (QED) is 0.925. The predicted octanol–water partition coefficient (Wildman–Crippen LogP) is 3.91. The first kappa shape index (κ1) is 13.7. The van der Waals surface area contributed by atoms with Gasteiger partial charge in [0.25, 0.3) is 5.88 Å². The van der Waals surface area contributed by atoms with Gasteiger partial charge in [0.05, 0.1) is 6.20 Å². The third-order valence-electron chi connectivity index (χ3n) is 2.39. The first-order valence-corrected chi connectivity index (χ1v) is 6.60. The molecule has 19 heavy (non-hydrogen) atoms. The molecule has 1 aromatic heterocycles. The van der Waals surface area contributed by atoms with Crippen LogP contribution in [0, 0.1) is 12.7 Å². The molecule has 0 aliphatic heterocycles. The Morgan fingerprint density at radius 3 is 2.89 bits per heavy atom. The molecule has 0 radical (unpaired) electrons. The number of ether oxygens (including phenoxy) is 1. The first-order chi connectivity index (χ1) is 9.10. The molecule has 0 saturated heterocycles. The van der Waals surface area contributed by atoms with Gasteiger partial charge in [0.15, 0.2) is 0 Å². The second-order valence-corrected chi connectivity index (χ2v) is 4.80. The van der Waals surface area contributed by atoms with E-state index >= 15 is 0 Å². The Bertz CT molecular complexity index is 592. The summed E-state index contributed by atoms with van der Waals surface area (Å²) in [6.07, 6.45) is 1.09. The summed E-state index contributed by atoms with van der Waals surface area (Å²) in [5.74, 6) is 0.220. The number of nitrogens with one attached hydrogen (secondary N) is 1. The van der Waals surface area contributed by atoms with Gasteiger partial charge >= 0.3 is 0 Å². The summed E-state index contributed by atoms with van der Waals surface area (Å²) in [5, 5.41) is 2.91. The lowest BCUT2D eigenvalue weighted by Gasteiger charge is -2.10. The molecule has 0 spiro atoms. The van der Waals surface area contributed by atoms with Crippen LogP contribution in [0.25, 0.3) is 0 Å². The average molecular weight is 326 g/mol. The van der Waals surface area contributed by atoms with Gasteiger partial charge in [-0.1, -0.05) is 15.9 Å². The molecule has 1 heterocycles. The maximum absolute atomic E-state index is 13.6. The summed E-state index contributed by atoms with van der Waals surface area (Å²) in [6, 6.07) is 5.47. The summed E-state index contributed by atoms with van der Waals surface area (Å²) >= 11 is 3.36. The van der Waals surface area contributed by atoms with E-state index in [9.17, 15) is 4.39 Å². The van der Waals surface area contributed by atoms with Gasteiger partial charge in [-0.2, -0.15) is 9.37 Å². The first-order valence-electron chi connectivity index (χ1n) is 5.80.